The van der Waals surface area contributed by atoms with Crippen molar-refractivity contribution < 1.29 is 9.53 Å². The third-order valence-electron chi connectivity index (χ3n) is 4.08. The molecule has 0 aliphatic heterocycles. The van der Waals surface area contributed by atoms with Gasteiger partial charge in [0.25, 0.3) is 5.91 Å². The third-order valence-corrected chi connectivity index (χ3v) is 5.06. The van der Waals surface area contributed by atoms with Crippen LogP contribution in [0, 0.1) is 0 Å². The van der Waals surface area contributed by atoms with Gasteiger partial charge in [-0.25, -0.2) is 4.98 Å². The van der Waals surface area contributed by atoms with Crippen molar-refractivity contribution in [2.45, 2.75) is 25.9 Å². The van der Waals surface area contributed by atoms with Gasteiger partial charge in [-0.1, -0.05) is 48.5 Å². The molecule has 0 spiro atoms. The van der Waals surface area contributed by atoms with E-state index in [0.29, 0.717) is 25.3 Å². The molecule has 5 nitrogen and oxygen atoms in total. The van der Waals surface area contributed by atoms with Gasteiger partial charge in [-0.2, -0.15) is 0 Å². The summed E-state index contributed by atoms with van der Waals surface area (Å²) in [5.41, 5.74) is 8.74. The number of nitrogens with zero attached hydrogens (tertiary/aromatic N) is 1. The van der Waals surface area contributed by atoms with Crippen LogP contribution in [0.3, 0.4) is 0 Å². The van der Waals surface area contributed by atoms with Gasteiger partial charge in [0.2, 0.25) is 0 Å². The summed E-state index contributed by atoms with van der Waals surface area (Å²) in [6, 6.07) is 17.5. The molecule has 0 aliphatic carbocycles. The molecule has 0 aliphatic rings. The first-order valence-corrected chi connectivity index (χ1v) is 9.79. The Balaban J connectivity index is 1.60. The summed E-state index contributed by atoms with van der Waals surface area (Å²) >= 11 is 1.42. The number of para-hydroxylation sites is 1. The van der Waals surface area contributed by atoms with Gasteiger partial charge in [-0.05, 0) is 25.0 Å². The van der Waals surface area contributed by atoms with Crippen LogP contribution < -0.4 is 15.8 Å². The molecule has 0 fully saturated rings. The molecule has 1 aromatic heterocycles. The number of hydrogen-bond acceptors (Lipinski definition) is 5. The number of amides is 1. The second-order valence-electron chi connectivity index (χ2n) is 6.09. The van der Waals surface area contributed by atoms with Crippen LogP contribution in [-0.2, 0) is 13.0 Å². The van der Waals surface area contributed by atoms with E-state index in [0.717, 1.165) is 21.9 Å². The largest absolute Gasteiger partial charge is 0.494 e. The number of carbonyl (C=O) groups is 1. The fraction of sp³-hybridized carbons (Fsp3) is 0.238. The van der Waals surface area contributed by atoms with Crippen LogP contribution in [-0.4, -0.2) is 17.5 Å². The zero-order chi connectivity index (χ0) is 19.1. The summed E-state index contributed by atoms with van der Waals surface area (Å²) in [5, 5.41) is 5.42. The lowest BCUT2D eigenvalue weighted by molar-refractivity contribution is 0.0946. The topological polar surface area (TPSA) is 77.2 Å². The predicted molar refractivity (Wildman–Crippen MR) is 108 cm³/mol. The van der Waals surface area contributed by atoms with Gasteiger partial charge in [-0.15, -0.1) is 11.3 Å². The molecule has 1 unspecified atom stereocenters. The second kappa shape index (κ2) is 9.30. The van der Waals surface area contributed by atoms with E-state index in [9.17, 15) is 4.79 Å². The Hall–Kier alpha value is -2.70. The van der Waals surface area contributed by atoms with E-state index in [1.54, 1.807) is 5.38 Å². The molecule has 2 aromatic carbocycles. The Labute approximate surface area is 163 Å². The Morgan fingerprint density at radius 1 is 1.19 bits per heavy atom. The van der Waals surface area contributed by atoms with Crippen LogP contribution >= 0.6 is 11.3 Å². The zero-order valence-electron chi connectivity index (χ0n) is 15.2. The van der Waals surface area contributed by atoms with Crippen LogP contribution in [0.25, 0.3) is 0 Å². The molecule has 6 heteroatoms. The lowest BCUT2D eigenvalue weighted by atomic mass is 10.1. The van der Waals surface area contributed by atoms with Crippen LogP contribution in [0.2, 0.25) is 0 Å². The van der Waals surface area contributed by atoms with Crippen molar-refractivity contribution in [1.29, 1.82) is 0 Å². The standard InChI is InChI=1S/C21H23N3O2S/c1-2-26-19-11-7-6-10-16(19)13-23-20(25)18-14-27-21(24-18)17(22)12-15-8-4-3-5-9-15/h3-11,14,17H,2,12-13,22H2,1H3,(H,23,25). The maximum absolute atomic E-state index is 12.4. The highest BCUT2D eigenvalue weighted by molar-refractivity contribution is 7.09. The molecular weight excluding hydrogens is 358 g/mol. The van der Waals surface area contributed by atoms with E-state index in [1.165, 1.54) is 11.3 Å². The maximum Gasteiger partial charge on any atom is 0.271 e. The molecule has 1 atom stereocenters. The maximum atomic E-state index is 12.4. The first-order chi connectivity index (χ1) is 13.2. The van der Waals surface area contributed by atoms with E-state index in [2.05, 4.69) is 10.3 Å². The van der Waals surface area contributed by atoms with E-state index < -0.39 is 0 Å². The Morgan fingerprint density at radius 3 is 2.70 bits per heavy atom. The molecular formula is C21H23N3O2S. The summed E-state index contributed by atoms with van der Waals surface area (Å²) in [6.07, 6.45) is 0.692. The number of rotatable bonds is 8. The summed E-state index contributed by atoms with van der Waals surface area (Å²) in [7, 11) is 0. The normalized spacial score (nSPS) is 11.8. The van der Waals surface area contributed by atoms with Crippen LogP contribution in [0.15, 0.2) is 60.0 Å². The molecule has 3 rings (SSSR count). The Kier molecular flexibility index (Phi) is 6.57. The number of hydrogen-bond donors (Lipinski definition) is 2. The quantitative estimate of drug-likeness (QED) is 0.623. The predicted octanol–water partition coefficient (Wildman–Crippen LogP) is 3.71. The smallest absolute Gasteiger partial charge is 0.271 e. The molecule has 27 heavy (non-hydrogen) atoms. The van der Waals surface area contributed by atoms with E-state index in [4.69, 9.17) is 10.5 Å². The second-order valence-corrected chi connectivity index (χ2v) is 6.98. The Bertz CT molecular complexity index is 880. The van der Waals surface area contributed by atoms with Gasteiger partial charge < -0.3 is 15.8 Å². The fourth-order valence-electron chi connectivity index (χ4n) is 2.73. The molecule has 3 N–H and O–H groups in total. The SMILES string of the molecule is CCOc1ccccc1CNC(=O)c1csc(C(N)Cc2ccccc2)n1. The average Bonchev–Trinajstić information content (AvgIpc) is 3.19. The fourth-order valence-corrected chi connectivity index (χ4v) is 3.53. The minimum absolute atomic E-state index is 0.212. The Morgan fingerprint density at radius 2 is 1.93 bits per heavy atom. The van der Waals surface area contributed by atoms with Gasteiger partial charge in [0.1, 0.15) is 16.5 Å². The monoisotopic (exact) mass is 381 g/mol. The van der Waals surface area contributed by atoms with E-state index in [1.807, 2.05) is 61.5 Å². The third kappa shape index (κ3) is 5.15. The molecule has 0 saturated carbocycles. The molecule has 140 valence electrons. The van der Waals surface area contributed by atoms with Crippen molar-refractivity contribution in [3.63, 3.8) is 0 Å². The molecule has 3 aromatic rings. The number of thiazole rings is 1. The first kappa shape index (κ1) is 19.1. The number of nitrogens with one attached hydrogen (secondary N) is 1. The number of nitrogens with two attached hydrogens (primary N) is 1. The highest BCUT2D eigenvalue weighted by Gasteiger charge is 2.16. The minimum atomic E-state index is -0.224. The van der Waals surface area contributed by atoms with Gasteiger partial charge in [0, 0.05) is 17.5 Å². The summed E-state index contributed by atoms with van der Waals surface area (Å²) in [6.45, 7) is 2.91. The van der Waals surface area contributed by atoms with Crippen molar-refractivity contribution in [3.05, 3.63) is 81.8 Å². The molecule has 1 amide bonds. The molecule has 1 heterocycles. The van der Waals surface area contributed by atoms with Crippen molar-refractivity contribution in [2.24, 2.45) is 5.73 Å². The summed E-state index contributed by atoms with van der Waals surface area (Å²) < 4.78 is 5.59. The van der Waals surface area contributed by atoms with Crippen molar-refractivity contribution in [3.8, 4) is 5.75 Å². The summed E-state index contributed by atoms with van der Waals surface area (Å²) in [4.78, 5) is 16.9. The van der Waals surface area contributed by atoms with Crippen molar-refractivity contribution in [2.75, 3.05) is 6.61 Å². The lowest BCUT2D eigenvalue weighted by Gasteiger charge is -2.10. The van der Waals surface area contributed by atoms with Gasteiger partial charge >= 0.3 is 0 Å². The average molecular weight is 382 g/mol. The van der Waals surface area contributed by atoms with Crippen LogP contribution in [0.4, 0.5) is 0 Å². The summed E-state index contributed by atoms with van der Waals surface area (Å²) in [5.74, 6) is 0.569. The number of ether oxygens (including phenoxy) is 1. The highest BCUT2D eigenvalue weighted by Crippen LogP contribution is 2.21. The molecule has 0 saturated heterocycles. The van der Waals surface area contributed by atoms with E-state index in [-0.39, 0.29) is 11.9 Å². The number of aromatic nitrogens is 1. The minimum Gasteiger partial charge on any atom is -0.494 e. The molecule has 0 bridgehead atoms. The van der Waals surface area contributed by atoms with Crippen LogP contribution in [0.5, 0.6) is 5.75 Å². The molecule has 0 radical (unpaired) electrons. The van der Waals surface area contributed by atoms with Crippen molar-refractivity contribution in [1.82, 2.24) is 10.3 Å². The van der Waals surface area contributed by atoms with Gasteiger partial charge in [0.05, 0.1) is 12.6 Å². The lowest BCUT2D eigenvalue weighted by Crippen LogP contribution is -2.24. The highest BCUT2D eigenvalue weighted by atomic mass is 32.1. The van der Waals surface area contributed by atoms with Gasteiger partial charge in [0.15, 0.2) is 0 Å². The van der Waals surface area contributed by atoms with Crippen molar-refractivity contribution >= 4 is 17.2 Å². The van der Waals surface area contributed by atoms with E-state index >= 15 is 0 Å². The zero-order valence-corrected chi connectivity index (χ0v) is 16.0. The number of carbonyl (C=O) groups excluding carboxylic acids is 1. The van der Waals surface area contributed by atoms with Crippen LogP contribution in [0.1, 0.15) is 39.6 Å². The number of benzene rings is 2. The van der Waals surface area contributed by atoms with Gasteiger partial charge in [-0.3, -0.25) is 4.79 Å². The first-order valence-electron chi connectivity index (χ1n) is 8.91.